The summed E-state index contributed by atoms with van der Waals surface area (Å²) in [5, 5.41) is 5.84. The normalized spacial score (nSPS) is 14.9. The van der Waals surface area contributed by atoms with E-state index in [9.17, 15) is 45.2 Å². The van der Waals surface area contributed by atoms with E-state index in [1.807, 2.05) is 39.8 Å². The Morgan fingerprint density at radius 3 is 1.66 bits per heavy atom. The van der Waals surface area contributed by atoms with Gasteiger partial charge in [-0.15, -0.1) is 0 Å². The lowest BCUT2D eigenvalue weighted by atomic mass is 9.92. The summed E-state index contributed by atoms with van der Waals surface area (Å²) in [6, 6.07) is 7.08. The fourth-order valence-electron chi connectivity index (χ4n) is 8.93. The number of carbonyl (C=O) groups excluding carboxylic acids is 4. The molecule has 5 rings (SSSR count). The summed E-state index contributed by atoms with van der Waals surface area (Å²) in [6.07, 6.45) is 6.43. The van der Waals surface area contributed by atoms with E-state index < -0.39 is 51.4 Å². The number of aliphatic imine (C=N–C) groups is 1. The Balaban J connectivity index is 0.786. The number of nitrogens with two attached hydrogens (primary N) is 1. The number of benzene rings is 2. The first kappa shape index (κ1) is 75.6. The summed E-state index contributed by atoms with van der Waals surface area (Å²) in [4.78, 5) is 61.2. The molecule has 3 heterocycles. The van der Waals surface area contributed by atoms with Crippen LogP contribution in [0.5, 0.6) is 5.75 Å². The number of ether oxygens (including phenoxy) is 11. The number of nitrogens with one attached hydrogen (secondary N) is 3. The molecule has 1 saturated heterocycles. The molecule has 508 valence electrons. The van der Waals surface area contributed by atoms with E-state index in [2.05, 4.69) is 25.3 Å². The van der Waals surface area contributed by atoms with Crippen molar-refractivity contribution in [2.24, 2.45) is 22.1 Å². The van der Waals surface area contributed by atoms with Gasteiger partial charge in [0, 0.05) is 74.4 Å². The van der Waals surface area contributed by atoms with E-state index in [1.165, 1.54) is 6.20 Å². The van der Waals surface area contributed by atoms with Crippen LogP contribution in [-0.4, -0.2) is 219 Å². The fraction of sp³-hybridized carbons (Fsp3) is 0.613. The Hall–Kier alpha value is -6.09. The van der Waals surface area contributed by atoms with Crippen LogP contribution in [0.3, 0.4) is 0 Å². The number of quaternary nitrogens is 1. The number of hydrogen-bond acceptors (Lipinski definition) is 20. The largest absolute Gasteiger partial charge is 0.420 e. The molecule has 0 radical (unpaired) electrons. The van der Waals surface area contributed by atoms with E-state index in [1.54, 1.807) is 29.3 Å². The molecule has 3 aromatic rings. The predicted octanol–water partition coefficient (Wildman–Crippen LogP) is 4.13. The molecule has 29 heteroatoms. The zero-order chi connectivity index (χ0) is 65.9. The molecular weight excluding hydrogens is 1220 g/mol. The summed E-state index contributed by atoms with van der Waals surface area (Å²) in [5.41, 5.74) is 9.26. The van der Waals surface area contributed by atoms with Gasteiger partial charge in [0.2, 0.25) is 35.1 Å². The minimum absolute atomic E-state index is 0.0111. The number of hydrogen-bond donors (Lipinski definition) is 4. The topological polar surface area (TPSA) is 287 Å². The van der Waals surface area contributed by atoms with Crippen molar-refractivity contribution in [1.29, 1.82) is 0 Å². The number of sulfonamides is 1. The number of amidine groups is 1. The van der Waals surface area contributed by atoms with Crippen molar-refractivity contribution in [3.8, 4) is 16.9 Å². The van der Waals surface area contributed by atoms with Crippen LogP contribution >= 0.6 is 0 Å². The van der Waals surface area contributed by atoms with E-state index in [0.29, 0.717) is 183 Å². The van der Waals surface area contributed by atoms with Crippen molar-refractivity contribution in [1.82, 2.24) is 20.5 Å². The van der Waals surface area contributed by atoms with Crippen molar-refractivity contribution < 1.29 is 102 Å². The first-order valence-corrected chi connectivity index (χ1v) is 32.1. The molecule has 0 aliphatic carbocycles. The summed E-state index contributed by atoms with van der Waals surface area (Å²) < 4.78 is 140. The minimum atomic E-state index is -3.79. The fourth-order valence-corrected chi connectivity index (χ4v) is 10.7. The number of carbonyl (C=O) groups is 4. The van der Waals surface area contributed by atoms with E-state index in [0.717, 1.165) is 6.42 Å². The monoisotopic (exact) mass is 1310 g/mol. The highest BCUT2D eigenvalue weighted by Gasteiger charge is 2.42. The van der Waals surface area contributed by atoms with Crippen molar-refractivity contribution in [2.45, 2.75) is 71.1 Å². The van der Waals surface area contributed by atoms with Crippen LogP contribution < -0.4 is 25.4 Å². The highest BCUT2D eigenvalue weighted by Crippen LogP contribution is 2.33. The molecular formula is C62H90F4N7O17S+. The van der Waals surface area contributed by atoms with Gasteiger partial charge in [0.05, 0.1) is 156 Å². The number of esters is 1. The van der Waals surface area contributed by atoms with Gasteiger partial charge in [-0.05, 0) is 42.0 Å². The number of rotatable bonds is 47. The zero-order valence-electron chi connectivity index (χ0n) is 52.6. The van der Waals surface area contributed by atoms with E-state index in [4.69, 9.17) is 53.1 Å². The van der Waals surface area contributed by atoms with Crippen LogP contribution in [0.25, 0.3) is 17.2 Å². The average Bonchev–Trinajstić information content (AvgIpc) is 1.32. The van der Waals surface area contributed by atoms with Crippen molar-refractivity contribution in [3.63, 3.8) is 0 Å². The Morgan fingerprint density at radius 2 is 1.15 bits per heavy atom. The van der Waals surface area contributed by atoms with Crippen LogP contribution in [0.15, 0.2) is 58.2 Å². The molecule has 0 unspecified atom stereocenters. The number of pyridine rings is 1. The smallest absolute Gasteiger partial charge is 0.327 e. The molecule has 0 bridgehead atoms. The third-order valence-corrected chi connectivity index (χ3v) is 15.5. The zero-order valence-corrected chi connectivity index (χ0v) is 53.4. The number of nitrogens with zero attached hydrogens (tertiary/aromatic N) is 3. The van der Waals surface area contributed by atoms with Gasteiger partial charge in [-0.25, -0.2) is 18.1 Å². The standard InChI is InChI=1S/C62H89F4N7O17S/c1-5-12-72(13-6-11-69-56(75)39-62(2,3)4)61(77)48-34-47-8-7-46(36-53(47)71-54(67)37-48)49-35-50(42-68-41-49)91(78,79)73-43-45(44-73)40-70-55(74)9-14-80-16-18-82-20-22-84-24-26-86-28-30-88-32-33-89-31-29-87-27-25-85-23-21-83-19-17-81-15-10-57(76)90-60-58(65)51(63)38-52(64)59(60)66/h7-8,34-36,38,41-42,45H,5-6,9-33,37,39-40,43-44H2,1-4H3,(H2,67,71)(H,69,75)(H,70,74)/p+1. The maximum atomic E-state index is 13.8. The molecule has 0 saturated carbocycles. The lowest BCUT2D eigenvalue weighted by molar-refractivity contribution is -0.826. The quantitative estimate of drug-likeness (QED) is 0.0203. The summed E-state index contributed by atoms with van der Waals surface area (Å²) in [7, 11) is -3.79. The lowest BCUT2D eigenvalue weighted by Crippen LogP contribution is -3.21. The Labute approximate surface area is 530 Å². The van der Waals surface area contributed by atoms with Crippen molar-refractivity contribution in [3.05, 3.63) is 77.1 Å². The summed E-state index contributed by atoms with van der Waals surface area (Å²) >= 11 is 0. The Kier molecular flexibility index (Phi) is 34.5. The summed E-state index contributed by atoms with van der Waals surface area (Å²) in [5.74, 6) is -9.65. The molecule has 0 atom stereocenters. The Bertz CT molecular complexity index is 2890. The SMILES string of the molecule is CCCN(CCCNC(=O)CC(C)(C)C)C(=O)C1=Cc2ccc(-c3cncc(S(=O)(=O)[NH+]4CC(CNC(=O)CCOCCOCCOCCOCCOCCOCCOCCOCCOCCOCCC(=O)Oc5c(F)c(F)cc(F)c5F)C4)c3)cc2N=C(N)C1. The molecule has 2 aliphatic rings. The summed E-state index contributed by atoms with van der Waals surface area (Å²) in [6.45, 7) is 16.7. The number of halogens is 4. The van der Waals surface area contributed by atoms with Crippen LogP contribution in [-0.2, 0) is 76.6 Å². The lowest BCUT2D eigenvalue weighted by Gasteiger charge is -2.34. The third-order valence-electron chi connectivity index (χ3n) is 13.6. The van der Waals surface area contributed by atoms with Crippen LogP contribution in [0.1, 0.15) is 71.8 Å². The van der Waals surface area contributed by atoms with Crippen molar-refractivity contribution in [2.75, 3.05) is 171 Å². The van der Waals surface area contributed by atoms with Gasteiger partial charge in [0.15, 0.2) is 11.6 Å². The predicted molar refractivity (Wildman–Crippen MR) is 326 cm³/mol. The van der Waals surface area contributed by atoms with Gasteiger partial charge in [-0.3, -0.25) is 24.2 Å². The second-order valence-corrected chi connectivity index (χ2v) is 24.4. The molecule has 2 aliphatic heterocycles. The maximum absolute atomic E-state index is 13.8. The second kappa shape index (κ2) is 41.5. The van der Waals surface area contributed by atoms with Gasteiger partial charge in [-0.1, -0.05) is 39.8 Å². The first-order valence-electron chi connectivity index (χ1n) is 30.6. The number of fused-ring (bicyclic) bond motifs is 1. The highest BCUT2D eigenvalue weighted by atomic mass is 32.2. The second-order valence-electron chi connectivity index (χ2n) is 22.4. The van der Waals surface area contributed by atoms with Crippen LogP contribution in [0.2, 0.25) is 0 Å². The molecule has 91 heavy (non-hydrogen) atoms. The van der Waals surface area contributed by atoms with Crippen LogP contribution in [0.4, 0.5) is 23.2 Å². The Morgan fingerprint density at radius 1 is 0.648 bits per heavy atom. The minimum Gasteiger partial charge on any atom is -0.420 e. The van der Waals surface area contributed by atoms with Gasteiger partial charge in [0.1, 0.15) is 23.8 Å². The first-order chi connectivity index (χ1) is 43.7. The van der Waals surface area contributed by atoms with Gasteiger partial charge < -0.3 is 73.4 Å². The van der Waals surface area contributed by atoms with Gasteiger partial charge >= 0.3 is 16.0 Å². The molecule has 1 fully saturated rings. The third kappa shape index (κ3) is 28.8. The van der Waals surface area contributed by atoms with Gasteiger partial charge in [0.25, 0.3) is 0 Å². The van der Waals surface area contributed by atoms with Crippen molar-refractivity contribution >= 4 is 51.3 Å². The molecule has 0 spiro atoms. The van der Waals surface area contributed by atoms with E-state index in [-0.39, 0.29) is 91.7 Å². The number of aromatic nitrogens is 1. The van der Waals surface area contributed by atoms with Crippen LogP contribution in [0, 0.1) is 34.6 Å². The molecule has 5 N–H and O–H groups in total. The highest BCUT2D eigenvalue weighted by molar-refractivity contribution is 7.85. The molecule has 1 aromatic heterocycles. The average molecular weight is 1310 g/mol. The van der Waals surface area contributed by atoms with E-state index >= 15 is 0 Å². The maximum Gasteiger partial charge on any atom is 0.327 e. The molecule has 24 nitrogen and oxygen atoms in total. The number of amides is 3. The molecule has 2 aromatic carbocycles. The van der Waals surface area contributed by atoms with Gasteiger partial charge in [-0.2, -0.15) is 17.2 Å². The molecule has 3 amide bonds.